The molecular formula is C20H23FN4O5S. The molecule has 0 radical (unpaired) electrons. The lowest BCUT2D eigenvalue weighted by Gasteiger charge is -2.19. The second kappa shape index (κ2) is 9.74. The van der Waals surface area contributed by atoms with E-state index in [0.29, 0.717) is 6.42 Å². The topological polar surface area (TPSA) is 147 Å². The molecule has 1 heterocycles. The zero-order valence-electron chi connectivity index (χ0n) is 17.0. The zero-order chi connectivity index (χ0) is 23.3. The third kappa shape index (κ3) is 5.69. The second-order valence-corrected chi connectivity index (χ2v) is 8.50. The molecule has 1 aromatic heterocycles. The fourth-order valence-electron chi connectivity index (χ4n) is 2.79. The number of ether oxygens (including phenoxy) is 1. The smallest absolute Gasteiger partial charge is 0.276 e. The summed E-state index contributed by atoms with van der Waals surface area (Å²) < 4.78 is 44.4. The van der Waals surface area contributed by atoms with Crippen LogP contribution in [0.1, 0.15) is 29.4 Å². The summed E-state index contributed by atoms with van der Waals surface area (Å²) in [7, 11) is -2.80. The lowest BCUT2D eigenvalue weighted by atomic mass is 10.0. The predicted octanol–water partition coefficient (Wildman–Crippen LogP) is 1.89. The van der Waals surface area contributed by atoms with Gasteiger partial charge < -0.3 is 19.7 Å². The first kappa shape index (κ1) is 24.1. The number of carbonyl (C=O) groups is 1. The van der Waals surface area contributed by atoms with Crippen molar-refractivity contribution in [2.24, 2.45) is 18.1 Å². The van der Waals surface area contributed by atoms with Crippen molar-refractivity contribution in [3.8, 4) is 11.8 Å². The molecule has 2 atom stereocenters. The van der Waals surface area contributed by atoms with Crippen molar-refractivity contribution in [3.63, 3.8) is 0 Å². The molecule has 2 rings (SSSR count). The third-order valence-electron chi connectivity index (χ3n) is 4.52. The van der Waals surface area contributed by atoms with Crippen molar-refractivity contribution in [3.05, 3.63) is 54.1 Å². The van der Waals surface area contributed by atoms with Crippen LogP contribution in [0.15, 0.2) is 41.9 Å². The lowest BCUT2D eigenvalue weighted by molar-refractivity contribution is 0.0850. The Morgan fingerprint density at radius 1 is 1.52 bits per heavy atom. The van der Waals surface area contributed by atoms with Gasteiger partial charge in [0.2, 0.25) is 10.0 Å². The second-order valence-electron chi connectivity index (χ2n) is 6.97. The summed E-state index contributed by atoms with van der Waals surface area (Å²) in [6.07, 6.45) is 2.20. The number of hydrogen-bond acceptors (Lipinski definition) is 6. The van der Waals surface area contributed by atoms with E-state index in [1.165, 1.54) is 23.8 Å². The average molecular weight is 450 g/mol. The van der Waals surface area contributed by atoms with E-state index in [9.17, 15) is 22.7 Å². The average Bonchev–Trinajstić information content (AvgIpc) is 3.04. The number of nitrogens with two attached hydrogens (primary N) is 1. The van der Waals surface area contributed by atoms with E-state index in [0.717, 1.165) is 18.3 Å². The molecule has 0 spiro atoms. The molecular weight excluding hydrogens is 427 g/mol. The van der Waals surface area contributed by atoms with Crippen LogP contribution < -0.4 is 15.2 Å². The van der Waals surface area contributed by atoms with Gasteiger partial charge in [-0.3, -0.25) is 4.79 Å². The summed E-state index contributed by atoms with van der Waals surface area (Å²) in [5.41, 5.74) is -0.296. The Morgan fingerprint density at radius 2 is 2.19 bits per heavy atom. The molecule has 9 nitrogen and oxygen atoms in total. The highest BCUT2D eigenvalue weighted by Gasteiger charge is 2.28. The number of nitrogens with one attached hydrogen (secondary N) is 1. The standard InChI is InChI=1S/C20H23FN4O5S/c1-4-5-16(26)12(2)11-30-19-17(31(23,28)29)10-25(3)18(19)20(27)24-14-6-7-15(21)13(8-14)9-22/h4,6-8,10,12,16,26H,1,5,11H2,2-3H3,(H,24,27)(H2,23,28,29)/t12?,16-/m0/s1. The van der Waals surface area contributed by atoms with Gasteiger partial charge in [-0.05, 0) is 24.6 Å². The van der Waals surface area contributed by atoms with Crippen molar-refractivity contribution >= 4 is 21.6 Å². The summed E-state index contributed by atoms with van der Waals surface area (Å²) in [6, 6.07) is 5.09. The molecule has 0 aliphatic heterocycles. The highest BCUT2D eigenvalue weighted by molar-refractivity contribution is 7.89. The first-order chi connectivity index (χ1) is 14.5. The number of hydrogen-bond donors (Lipinski definition) is 3. The number of aliphatic hydroxyl groups is 1. The molecule has 1 amide bonds. The van der Waals surface area contributed by atoms with E-state index in [1.807, 2.05) is 0 Å². The number of benzene rings is 1. The first-order valence-corrected chi connectivity index (χ1v) is 10.7. The number of sulfonamides is 1. The van der Waals surface area contributed by atoms with E-state index in [-0.39, 0.29) is 29.3 Å². The number of aryl methyl sites for hydroxylation is 1. The maximum atomic E-state index is 13.5. The maximum Gasteiger partial charge on any atom is 0.276 e. The van der Waals surface area contributed by atoms with E-state index in [1.54, 1.807) is 13.0 Å². The Balaban J connectivity index is 2.40. The van der Waals surface area contributed by atoms with Gasteiger partial charge in [-0.2, -0.15) is 5.26 Å². The Labute approximate surface area is 179 Å². The molecule has 4 N–H and O–H groups in total. The molecule has 0 saturated carbocycles. The molecule has 1 aromatic carbocycles. The summed E-state index contributed by atoms with van der Waals surface area (Å²) in [5, 5.41) is 26.7. The van der Waals surface area contributed by atoms with Crippen LogP contribution in [0.2, 0.25) is 0 Å². The number of carbonyl (C=O) groups excluding carboxylic acids is 1. The van der Waals surface area contributed by atoms with Gasteiger partial charge in [-0.15, -0.1) is 6.58 Å². The van der Waals surface area contributed by atoms with Crippen LogP contribution in [0.25, 0.3) is 0 Å². The largest absolute Gasteiger partial charge is 0.489 e. The Hall–Kier alpha value is -3.20. The van der Waals surface area contributed by atoms with Gasteiger partial charge in [0.25, 0.3) is 5.91 Å². The number of halogens is 1. The van der Waals surface area contributed by atoms with E-state index >= 15 is 0 Å². The highest BCUT2D eigenvalue weighted by Crippen LogP contribution is 2.31. The summed E-state index contributed by atoms with van der Waals surface area (Å²) in [4.78, 5) is 12.5. The van der Waals surface area contributed by atoms with E-state index in [2.05, 4.69) is 11.9 Å². The Morgan fingerprint density at radius 3 is 2.77 bits per heavy atom. The van der Waals surface area contributed by atoms with Gasteiger partial charge in [0.05, 0.1) is 18.3 Å². The van der Waals surface area contributed by atoms with Gasteiger partial charge in [0.15, 0.2) is 11.4 Å². The molecule has 2 aromatic rings. The molecule has 0 aliphatic rings. The SMILES string of the molecule is C=CC[C@H](O)C(C)COc1c(S(N)(=O)=O)cn(C)c1C(=O)Nc1ccc(F)c(C#N)c1. The van der Waals surface area contributed by atoms with Crippen LogP contribution in [0.3, 0.4) is 0 Å². The molecule has 0 saturated heterocycles. The molecule has 0 bridgehead atoms. The van der Waals surface area contributed by atoms with Crippen LogP contribution in [0.5, 0.6) is 5.75 Å². The Kier molecular flexibility index (Phi) is 7.56. The van der Waals surface area contributed by atoms with E-state index in [4.69, 9.17) is 15.1 Å². The number of nitriles is 1. The Bertz CT molecular complexity index is 1140. The van der Waals surface area contributed by atoms with Gasteiger partial charge in [0.1, 0.15) is 16.8 Å². The zero-order valence-corrected chi connectivity index (χ0v) is 17.8. The van der Waals surface area contributed by atoms with Crippen molar-refractivity contribution < 1.29 is 27.4 Å². The fraction of sp³-hybridized carbons (Fsp3) is 0.300. The number of primary sulfonamides is 1. The van der Waals surface area contributed by atoms with Gasteiger partial charge >= 0.3 is 0 Å². The van der Waals surface area contributed by atoms with Crippen LogP contribution in [0, 0.1) is 23.1 Å². The number of aromatic nitrogens is 1. The van der Waals surface area contributed by atoms with Crippen molar-refractivity contribution in [1.29, 1.82) is 5.26 Å². The predicted molar refractivity (Wildman–Crippen MR) is 111 cm³/mol. The summed E-state index contributed by atoms with van der Waals surface area (Å²) >= 11 is 0. The lowest BCUT2D eigenvalue weighted by Crippen LogP contribution is -2.25. The molecule has 31 heavy (non-hydrogen) atoms. The van der Waals surface area contributed by atoms with Gasteiger partial charge in [0, 0.05) is 24.8 Å². The van der Waals surface area contributed by atoms with Gasteiger partial charge in [-0.1, -0.05) is 13.0 Å². The fourth-order valence-corrected chi connectivity index (χ4v) is 3.51. The van der Waals surface area contributed by atoms with Crippen LogP contribution in [0.4, 0.5) is 10.1 Å². The van der Waals surface area contributed by atoms with Crippen LogP contribution >= 0.6 is 0 Å². The van der Waals surface area contributed by atoms with Gasteiger partial charge in [-0.25, -0.2) is 17.9 Å². The maximum absolute atomic E-state index is 13.5. The quantitative estimate of drug-likeness (QED) is 0.497. The number of aliphatic hydroxyl groups excluding tert-OH is 1. The first-order valence-electron chi connectivity index (χ1n) is 9.14. The monoisotopic (exact) mass is 450 g/mol. The van der Waals surface area contributed by atoms with Crippen LogP contribution in [-0.4, -0.2) is 36.7 Å². The number of nitrogens with zero attached hydrogens (tertiary/aromatic N) is 2. The van der Waals surface area contributed by atoms with Crippen molar-refractivity contribution in [1.82, 2.24) is 4.57 Å². The third-order valence-corrected chi connectivity index (χ3v) is 5.43. The summed E-state index contributed by atoms with van der Waals surface area (Å²) in [6.45, 7) is 5.14. The molecule has 11 heteroatoms. The highest BCUT2D eigenvalue weighted by atomic mass is 32.2. The van der Waals surface area contributed by atoms with Crippen LogP contribution in [-0.2, 0) is 17.1 Å². The number of anilines is 1. The normalized spacial score (nSPS) is 13.2. The van der Waals surface area contributed by atoms with Crippen molar-refractivity contribution in [2.45, 2.75) is 24.3 Å². The number of rotatable bonds is 9. The van der Waals surface area contributed by atoms with E-state index < -0.39 is 38.7 Å². The molecule has 1 unspecified atom stereocenters. The minimum Gasteiger partial charge on any atom is -0.489 e. The number of amides is 1. The molecule has 166 valence electrons. The summed E-state index contributed by atoms with van der Waals surface area (Å²) in [5.74, 6) is -2.19. The van der Waals surface area contributed by atoms with Crippen molar-refractivity contribution in [2.75, 3.05) is 11.9 Å². The minimum atomic E-state index is -4.23. The molecule has 0 aliphatic carbocycles. The molecule has 0 fully saturated rings. The minimum absolute atomic E-state index is 0.100.